The van der Waals surface area contributed by atoms with Crippen molar-refractivity contribution >= 4 is 22.9 Å². The highest BCUT2D eigenvalue weighted by Crippen LogP contribution is 2.24. The van der Waals surface area contributed by atoms with Crippen molar-refractivity contribution in [2.45, 2.75) is 0 Å². The molecule has 0 amide bonds. The van der Waals surface area contributed by atoms with Crippen LogP contribution in [0.15, 0.2) is 42.2 Å². The van der Waals surface area contributed by atoms with Crippen LogP contribution < -0.4 is 4.74 Å². The van der Waals surface area contributed by atoms with Crippen molar-refractivity contribution in [2.24, 2.45) is 7.05 Å². The summed E-state index contributed by atoms with van der Waals surface area (Å²) >= 11 is 0. The van der Waals surface area contributed by atoms with Crippen molar-refractivity contribution in [3.05, 3.63) is 47.9 Å². The first kappa shape index (κ1) is 14.7. The normalized spacial score (nSPS) is 12.0. The highest BCUT2D eigenvalue weighted by atomic mass is 16.5. The Morgan fingerprint density at radius 3 is 2.67 bits per heavy atom. The number of carboxylic acids is 1. The molecular weight excluding hydrogens is 270 g/mol. The van der Waals surface area contributed by atoms with Crippen molar-refractivity contribution in [3.8, 4) is 5.75 Å². The summed E-state index contributed by atoms with van der Waals surface area (Å²) in [6.45, 7) is 0. The van der Waals surface area contributed by atoms with Crippen LogP contribution in [0, 0.1) is 0 Å². The van der Waals surface area contributed by atoms with Crippen LogP contribution in [0.2, 0.25) is 0 Å². The van der Waals surface area contributed by atoms with Gasteiger partial charge in [0.05, 0.1) is 14.2 Å². The largest absolute Gasteiger partial charge is 0.497 e. The first-order valence-corrected chi connectivity index (χ1v) is 6.36. The molecule has 0 unspecified atom stereocenters. The average Bonchev–Trinajstić information content (AvgIpc) is 2.79. The Morgan fingerprint density at radius 1 is 1.29 bits per heavy atom. The second-order valence-corrected chi connectivity index (χ2v) is 4.45. The highest BCUT2D eigenvalue weighted by Gasteiger charge is 2.06. The number of aryl methyl sites for hydroxylation is 1. The van der Waals surface area contributed by atoms with Crippen molar-refractivity contribution in [1.82, 2.24) is 4.57 Å². The smallest absolute Gasteiger partial charge is 0.371 e. The van der Waals surface area contributed by atoms with Crippen molar-refractivity contribution in [3.63, 3.8) is 0 Å². The van der Waals surface area contributed by atoms with Crippen LogP contribution in [0.25, 0.3) is 17.0 Å². The molecular formula is C16H17NO4. The zero-order chi connectivity index (χ0) is 15.4. The van der Waals surface area contributed by atoms with Crippen LogP contribution in [-0.2, 0) is 16.6 Å². The van der Waals surface area contributed by atoms with E-state index in [0.717, 1.165) is 22.3 Å². The Hall–Kier alpha value is -2.69. The SMILES string of the molecule is CO/C(=C\C=C\c1cc2cc(OC)ccc2n1C)C(=O)O. The predicted molar refractivity (Wildman–Crippen MR) is 81.2 cm³/mol. The number of allylic oxidation sites excluding steroid dienone is 2. The summed E-state index contributed by atoms with van der Waals surface area (Å²) in [4.78, 5) is 10.8. The lowest BCUT2D eigenvalue weighted by Gasteiger charge is -2.01. The zero-order valence-electron chi connectivity index (χ0n) is 12.2. The Kier molecular flexibility index (Phi) is 4.33. The molecule has 5 heteroatoms. The number of carbonyl (C=O) groups is 1. The highest BCUT2D eigenvalue weighted by molar-refractivity contribution is 5.86. The summed E-state index contributed by atoms with van der Waals surface area (Å²) in [5.74, 6) is -0.397. The predicted octanol–water partition coefficient (Wildman–Crippen LogP) is 2.82. The third kappa shape index (κ3) is 3.08. The van der Waals surface area contributed by atoms with Gasteiger partial charge in [-0.3, -0.25) is 0 Å². The minimum Gasteiger partial charge on any atom is -0.497 e. The second kappa shape index (κ2) is 6.17. The van der Waals surface area contributed by atoms with Gasteiger partial charge in [-0.1, -0.05) is 6.08 Å². The number of methoxy groups -OCH3 is 2. The van der Waals surface area contributed by atoms with E-state index in [1.807, 2.05) is 42.0 Å². The first-order valence-electron chi connectivity index (χ1n) is 6.36. The van der Waals surface area contributed by atoms with Gasteiger partial charge >= 0.3 is 5.97 Å². The van der Waals surface area contributed by atoms with E-state index in [-0.39, 0.29) is 5.76 Å². The number of ether oxygens (including phenoxy) is 2. The lowest BCUT2D eigenvalue weighted by molar-refractivity contribution is -0.136. The van der Waals surface area contributed by atoms with Gasteiger partial charge in [-0.2, -0.15) is 0 Å². The molecule has 21 heavy (non-hydrogen) atoms. The van der Waals surface area contributed by atoms with E-state index in [2.05, 4.69) is 0 Å². The number of fused-ring (bicyclic) bond motifs is 1. The number of rotatable bonds is 5. The molecule has 0 aliphatic carbocycles. The number of hydrogen-bond donors (Lipinski definition) is 1. The second-order valence-electron chi connectivity index (χ2n) is 4.45. The summed E-state index contributed by atoms with van der Waals surface area (Å²) in [5, 5.41) is 9.91. The van der Waals surface area contributed by atoms with E-state index in [1.165, 1.54) is 13.2 Å². The molecule has 1 aromatic heterocycles. The van der Waals surface area contributed by atoms with E-state index in [4.69, 9.17) is 14.6 Å². The molecule has 0 saturated carbocycles. The van der Waals surface area contributed by atoms with Crippen LogP contribution in [0.3, 0.4) is 0 Å². The van der Waals surface area contributed by atoms with Gasteiger partial charge < -0.3 is 19.1 Å². The number of benzene rings is 1. The van der Waals surface area contributed by atoms with Gasteiger partial charge in [0.2, 0.25) is 5.76 Å². The summed E-state index contributed by atoms with van der Waals surface area (Å²) in [6.07, 6.45) is 4.90. The summed E-state index contributed by atoms with van der Waals surface area (Å²) in [7, 11) is 4.91. The minimum absolute atomic E-state index is 0.105. The van der Waals surface area contributed by atoms with Gasteiger partial charge in [0.15, 0.2) is 0 Å². The molecule has 0 bridgehead atoms. The maximum absolute atomic E-state index is 10.8. The third-order valence-electron chi connectivity index (χ3n) is 3.23. The Labute approximate surface area is 122 Å². The van der Waals surface area contributed by atoms with Crippen molar-refractivity contribution < 1.29 is 19.4 Å². The number of hydrogen-bond acceptors (Lipinski definition) is 3. The fraction of sp³-hybridized carbons (Fsp3) is 0.188. The number of aromatic nitrogens is 1. The van der Waals surface area contributed by atoms with Gasteiger partial charge in [0, 0.05) is 23.6 Å². The Morgan fingerprint density at radius 2 is 2.05 bits per heavy atom. The molecule has 0 aliphatic rings. The third-order valence-corrected chi connectivity index (χ3v) is 3.23. The maximum atomic E-state index is 10.8. The molecule has 0 radical (unpaired) electrons. The molecule has 0 aliphatic heterocycles. The molecule has 1 aromatic carbocycles. The topological polar surface area (TPSA) is 60.7 Å². The van der Waals surface area contributed by atoms with Crippen LogP contribution in [0.4, 0.5) is 0 Å². The maximum Gasteiger partial charge on any atom is 0.371 e. The van der Waals surface area contributed by atoms with Crippen LogP contribution in [0.1, 0.15) is 5.69 Å². The monoisotopic (exact) mass is 287 g/mol. The van der Waals surface area contributed by atoms with Crippen LogP contribution in [-0.4, -0.2) is 29.9 Å². The molecule has 2 aromatic rings. The first-order chi connectivity index (χ1) is 10.1. The molecule has 0 fully saturated rings. The van der Waals surface area contributed by atoms with Gasteiger partial charge in [-0.25, -0.2) is 4.79 Å². The summed E-state index contributed by atoms with van der Waals surface area (Å²) < 4.78 is 12.0. The van der Waals surface area contributed by atoms with Crippen molar-refractivity contribution in [2.75, 3.05) is 14.2 Å². The molecule has 0 atom stereocenters. The molecule has 0 saturated heterocycles. The molecule has 5 nitrogen and oxygen atoms in total. The van der Waals surface area contributed by atoms with Gasteiger partial charge in [-0.05, 0) is 36.4 Å². The summed E-state index contributed by atoms with van der Waals surface area (Å²) in [5.41, 5.74) is 2.03. The number of nitrogens with zero attached hydrogens (tertiary/aromatic N) is 1. The number of aliphatic carboxylic acids is 1. The van der Waals surface area contributed by atoms with E-state index in [1.54, 1.807) is 13.2 Å². The van der Waals surface area contributed by atoms with E-state index < -0.39 is 5.97 Å². The standard InChI is InChI=1S/C16H17NO4/c1-17-12(5-4-6-15(21-3)16(18)19)9-11-10-13(20-2)7-8-14(11)17/h4-10H,1-3H3,(H,18,19)/b5-4+,15-6-. The molecule has 0 spiro atoms. The average molecular weight is 287 g/mol. The Balaban J connectivity index is 2.34. The van der Waals surface area contributed by atoms with E-state index in [9.17, 15) is 4.79 Å². The molecule has 2 rings (SSSR count). The zero-order valence-corrected chi connectivity index (χ0v) is 12.2. The quantitative estimate of drug-likeness (QED) is 0.522. The molecule has 1 heterocycles. The van der Waals surface area contributed by atoms with Gasteiger partial charge in [0.25, 0.3) is 0 Å². The Bertz CT molecular complexity index is 725. The van der Waals surface area contributed by atoms with Gasteiger partial charge in [-0.15, -0.1) is 0 Å². The fourth-order valence-corrected chi connectivity index (χ4v) is 2.10. The van der Waals surface area contributed by atoms with E-state index >= 15 is 0 Å². The van der Waals surface area contributed by atoms with Crippen LogP contribution >= 0.6 is 0 Å². The molecule has 1 N–H and O–H groups in total. The summed E-state index contributed by atoms with van der Waals surface area (Å²) in [6, 6.07) is 7.86. The fourth-order valence-electron chi connectivity index (χ4n) is 2.10. The van der Waals surface area contributed by atoms with Gasteiger partial charge in [0.1, 0.15) is 5.75 Å². The van der Waals surface area contributed by atoms with E-state index in [0.29, 0.717) is 0 Å². The number of carboxylic acid groups (broad SMARTS) is 1. The lowest BCUT2D eigenvalue weighted by atomic mass is 10.2. The van der Waals surface area contributed by atoms with Crippen molar-refractivity contribution in [1.29, 1.82) is 0 Å². The minimum atomic E-state index is -1.09. The molecule has 110 valence electrons. The lowest BCUT2D eigenvalue weighted by Crippen LogP contribution is -2.01. The van der Waals surface area contributed by atoms with Crippen LogP contribution in [0.5, 0.6) is 5.75 Å².